The van der Waals surface area contributed by atoms with Gasteiger partial charge in [0.05, 0.1) is 12.6 Å². The Morgan fingerprint density at radius 3 is 2.53 bits per heavy atom. The van der Waals surface area contributed by atoms with Crippen molar-refractivity contribution in [2.45, 2.75) is 31.7 Å². The highest BCUT2D eigenvalue weighted by atomic mass is 16.5. The van der Waals surface area contributed by atoms with Crippen LogP contribution in [0.1, 0.15) is 25.7 Å². The second kappa shape index (κ2) is 9.86. The smallest absolute Gasteiger partial charge is 0.404 e. The molecule has 1 atom stereocenters. The Balaban J connectivity index is 3.47. The van der Waals surface area contributed by atoms with Gasteiger partial charge in [0.1, 0.15) is 0 Å². The van der Waals surface area contributed by atoms with Crippen molar-refractivity contribution in [2.24, 2.45) is 17.2 Å². The Morgan fingerprint density at radius 1 is 1.24 bits per heavy atom. The minimum Gasteiger partial charge on any atom is -0.450 e. The second-order valence-electron chi connectivity index (χ2n) is 3.70. The normalized spacial score (nSPS) is 11.9. The van der Waals surface area contributed by atoms with Crippen molar-refractivity contribution in [3.05, 3.63) is 0 Å². The van der Waals surface area contributed by atoms with Crippen molar-refractivity contribution in [3.63, 3.8) is 0 Å². The summed E-state index contributed by atoms with van der Waals surface area (Å²) in [6.07, 6.45) is 2.05. The van der Waals surface area contributed by atoms with E-state index in [1.807, 2.05) is 0 Å². The molecule has 0 saturated carbocycles. The summed E-state index contributed by atoms with van der Waals surface area (Å²) in [7, 11) is 0. The summed E-state index contributed by atoms with van der Waals surface area (Å²) < 4.78 is 4.51. The van der Waals surface area contributed by atoms with Crippen LogP contribution in [-0.2, 0) is 9.53 Å². The van der Waals surface area contributed by atoms with Crippen molar-refractivity contribution in [1.82, 2.24) is 5.32 Å². The number of hydrogen-bond acceptors (Lipinski definition) is 5. The summed E-state index contributed by atoms with van der Waals surface area (Å²) in [4.78, 5) is 21.7. The van der Waals surface area contributed by atoms with Gasteiger partial charge in [-0.25, -0.2) is 4.79 Å². The number of nitrogens with two attached hydrogens (primary N) is 3. The van der Waals surface area contributed by atoms with Crippen LogP contribution >= 0.6 is 0 Å². The second-order valence-corrected chi connectivity index (χ2v) is 3.70. The molecule has 0 saturated heterocycles. The number of rotatable bonds is 9. The Morgan fingerprint density at radius 2 is 1.94 bits per heavy atom. The van der Waals surface area contributed by atoms with Crippen LogP contribution in [0.4, 0.5) is 4.79 Å². The lowest BCUT2D eigenvalue weighted by atomic mass is 10.1. The van der Waals surface area contributed by atoms with Crippen LogP contribution in [0.2, 0.25) is 0 Å². The fraction of sp³-hybridized carbons (Fsp3) is 0.800. The van der Waals surface area contributed by atoms with Gasteiger partial charge in [0, 0.05) is 6.54 Å². The number of hydrogen-bond donors (Lipinski definition) is 4. The quantitative estimate of drug-likeness (QED) is 0.389. The van der Waals surface area contributed by atoms with E-state index in [1.165, 1.54) is 0 Å². The predicted octanol–water partition coefficient (Wildman–Crippen LogP) is -0.956. The molecule has 100 valence electrons. The van der Waals surface area contributed by atoms with Gasteiger partial charge in [-0.3, -0.25) is 4.79 Å². The van der Waals surface area contributed by atoms with Gasteiger partial charge in [-0.2, -0.15) is 0 Å². The van der Waals surface area contributed by atoms with Gasteiger partial charge < -0.3 is 27.3 Å². The molecule has 0 radical (unpaired) electrons. The third kappa shape index (κ3) is 9.58. The number of carbonyl (C=O) groups excluding carboxylic acids is 2. The molecule has 17 heavy (non-hydrogen) atoms. The van der Waals surface area contributed by atoms with E-state index in [-0.39, 0.29) is 12.5 Å². The van der Waals surface area contributed by atoms with Gasteiger partial charge in [-0.15, -0.1) is 0 Å². The maximum atomic E-state index is 11.4. The summed E-state index contributed by atoms with van der Waals surface area (Å²) >= 11 is 0. The number of primary amides is 1. The van der Waals surface area contributed by atoms with Crippen LogP contribution in [0.5, 0.6) is 0 Å². The van der Waals surface area contributed by atoms with E-state index in [1.54, 1.807) is 0 Å². The van der Waals surface area contributed by atoms with Crippen molar-refractivity contribution < 1.29 is 14.3 Å². The molecule has 0 aliphatic heterocycles. The zero-order chi connectivity index (χ0) is 13.1. The van der Waals surface area contributed by atoms with Gasteiger partial charge in [-0.05, 0) is 25.8 Å². The molecule has 0 aromatic carbocycles. The standard InChI is InChI=1S/C10H22N4O3/c11-5-2-1-4-8(12)9(15)14-6-3-7-17-10(13)16/h8H,1-7,11-12H2,(H2,13,16)(H,14,15)/t8-/m0/s1. The minimum absolute atomic E-state index is 0.192. The fourth-order valence-corrected chi connectivity index (χ4v) is 1.23. The zero-order valence-electron chi connectivity index (χ0n) is 9.98. The molecule has 0 unspecified atom stereocenters. The number of nitrogens with one attached hydrogen (secondary N) is 1. The third-order valence-corrected chi connectivity index (χ3v) is 2.17. The molecule has 0 aliphatic rings. The van der Waals surface area contributed by atoms with Crippen LogP contribution in [-0.4, -0.2) is 37.7 Å². The van der Waals surface area contributed by atoms with E-state index in [4.69, 9.17) is 17.2 Å². The molecule has 0 aliphatic carbocycles. The summed E-state index contributed by atoms with van der Waals surface area (Å²) in [5.41, 5.74) is 15.8. The average Bonchev–Trinajstić information content (AvgIpc) is 2.28. The lowest BCUT2D eigenvalue weighted by Gasteiger charge is -2.11. The van der Waals surface area contributed by atoms with E-state index in [0.29, 0.717) is 25.9 Å². The zero-order valence-corrected chi connectivity index (χ0v) is 9.98. The molecule has 0 heterocycles. The monoisotopic (exact) mass is 246 g/mol. The highest BCUT2D eigenvalue weighted by Crippen LogP contribution is 1.97. The minimum atomic E-state index is -0.810. The van der Waals surface area contributed by atoms with Gasteiger partial charge in [0.25, 0.3) is 0 Å². The molecule has 0 aromatic rings. The average molecular weight is 246 g/mol. The van der Waals surface area contributed by atoms with Gasteiger partial charge in [-0.1, -0.05) is 6.42 Å². The first-order chi connectivity index (χ1) is 8.07. The molecule has 0 spiro atoms. The van der Waals surface area contributed by atoms with Crippen molar-refractivity contribution in [3.8, 4) is 0 Å². The SMILES string of the molecule is NCCCC[C@H](N)C(=O)NCCCOC(N)=O. The molecule has 0 fully saturated rings. The van der Waals surface area contributed by atoms with Crippen LogP contribution in [0, 0.1) is 0 Å². The molecule has 2 amide bonds. The Kier molecular flexibility index (Phi) is 9.08. The Bertz CT molecular complexity index is 236. The highest BCUT2D eigenvalue weighted by Gasteiger charge is 2.11. The van der Waals surface area contributed by atoms with E-state index < -0.39 is 12.1 Å². The first-order valence-electron chi connectivity index (χ1n) is 5.73. The lowest BCUT2D eigenvalue weighted by Crippen LogP contribution is -2.41. The molecule has 0 rings (SSSR count). The van der Waals surface area contributed by atoms with Gasteiger partial charge in [0.2, 0.25) is 5.91 Å². The Labute approximate surface area is 101 Å². The molecular formula is C10H22N4O3. The van der Waals surface area contributed by atoms with Gasteiger partial charge in [0.15, 0.2) is 0 Å². The maximum absolute atomic E-state index is 11.4. The van der Waals surface area contributed by atoms with E-state index in [9.17, 15) is 9.59 Å². The van der Waals surface area contributed by atoms with E-state index in [2.05, 4.69) is 10.1 Å². The molecule has 0 aromatic heterocycles. The lowest BCUT2D eigenvalue weighted by molar-refractivity contribution is -0.122. The van der Waals surface area contributed by atoms with Crippen molar-refractivity contribution in [1.29, 1.82) is 0 Å². The largest absolute Gasteiger partial charge is 0.450 e. The first-order valence-corrected chi connectivity index (χ1v) is 5.73. The third-order valence-electron chi connectivity index (χ3n) is 2.17. The van der Waals surface area contributed by atoms with Gasteiger partial charge >= 0.3 is 6.09 Å². The maximum Gasteiger partial charge on any atom is 0.404 e. The molecule has 7 N–H and O–H groups in total. The first kappa shape index (κ1) is 15.7. The van der Waals surface area contributed by atoms with E-state index >= 15 is 0 Å². The van der Waals surface area contributed by atoms with Crippen LogP contribution < -0.4 is 22.5 Å². The molecule has 0 bridgehead atoms. The summed E-state index contributed by atoms with van der Waals surface area (Å²) in [5.74, 6) is -0.193. The molecule has 7 heteroatoms. The van der Waals surface area contributed by atoms with Crippen molar-refractivity contribution in [2.75, 3.05) is 19.7 Å². The highest BCUT2D eigenvalue weighted by molar-refractivity contribution is 5.81. The summed E-state index contributed by atoms with van der Waals surface area (Å²) in [5, 5.41) is 2.66. The van der Waals surface area contributed by atoms with Crippen LogP contribution in [0.3, 0.4) is 0 Å². The fourth-order valence-electron chi connectivity index (χ4n) is 1.23. The Hall–Kier alpha value is -1.34. The number of ether oxygens (including phenoxy) is 1. The number of carbonyl (C=O) groups is 2. The molecule has 7 nitrogen and oxygen atoms in total. The number of unbranched alkanes of at least 4 members (excludes halogenated alkanes) is 1. The summed E-state index contributed by atoms with van der Waals surface area (Å²) in [6, 6.07) is -0.501. The number of amides is 2. The van der Waals surface area contributed by atoms with Crippen molar-refractivity contribution >= 4 is 12.0 Å². The summed E-state index contributed by atoms with van der Waals surface area (Å²) in [6.45, 7) is 1.22. The predicted molar refractivity (Wildman–Crippen MR) is 64.0 cm³/mol. The molecular weight excluding hydrogens is 224 g/mol. The van der Waals surface area contributed by atoms with Crippen LogP contribution in [0.25, 0.3) is 0 Å². The van der Waals surface area contributed by atoms with E-state index in [0.717, 1.165) is 12.8 Å². The topological polar surface area (TPSA) is 133 Å². The van der Waals surface area contributed by atoms with Crippen LogP contribution in [0.15, 0.2) is 0 Å².